The summed E-state index contributed by atoms with van der Waals surface area (Å²) in [6, 6.07) is 16.2. The third-order valence-electron chi connectivity index (χ3n) is 5.61. The van der Waals surface area contributed by atoms with E-state index in [4.69, 9.17) is 0 Å². The van der Waals surface area contributed by atoms with Gasteiger partial charge in [0.05, 0.1) is 0 Å². The summed E-state index contributed by atoms with van der Waals surface area (Å²) in [6.45, 7) is 5.18. The first-order chi connectivity index (χ1) is 12.6. The van der Waals surface area contributed by atoms with Gasteiger partial charge in [0, 0.05) is 36.2 Å². The van der Waals surface area contributed by atoms with E-state index in [9.17, 15) is 9.59 Å². The summed E-state index contributed by atoms with van der Waals surface area (Å²) in [7, 11) is 0. The molecule has 2 aliphatic heterocycles. The van der Waals surface area contributed by atoms with Gasteiger partial charge in [0.25, 0.3) is 5.91 Å². The normalized spacial score (nSPS) is 21.1. The fraction of sp³-hybridized carbons (Fsp3) is 0.364. The zero-order chi connectivity index (χ0) is 18.3. The Morgan fingerprint density at radius 2 is 1.77 bits per heavy atom. The Morgan fingerprint density at radius 3 is 2.46 bits per heavy atom. The SMILES string of the molecule is CCCc1ccc(C23c4ccccc4C(=O)N2CCN3C(=O)CC)cc1. The lowest BCUT2D eigenvalue weighted by Gasteiger charge is -2.40. The number of nitrogens with zero attached hydrogens (tertiary/aromatic N) is 2. The maximum absolute atomic E-state index is 13.1. The van der Waals surface area contributed by atoms with Crippen molar-refractivity contribution in [2.45, 2.75) is 38.8 Å². The van der Waals surface area contributed by atoms with Crippen LogP contribution < -0.4 is 0 Å². The van der Waals surface area contributed by atoms with Crippen LogP contribution in [0.4, 0.5) is 0 Å². The van der Waals surface area contributed by atoms with Crippen molar-refractivity contribution >= 4 is 11.8 Å². The molecule has 0 aliphatic carbocycles. The highest BCUT2D eigenvalue weighted by atomic mass is 16.2. The Bertz CT molecular complexity index is 859. The van der Waals surface area contributed by atoms with Crippen LogP contribution in [0, 0.1) is 0 Å². The number of rotatable bonds is 4. The van der Waals surface area contributed by atoms with E-state index in [1.807, 2.05) is 41.0 Å². The van der Waals surface area contributed by atoms with Gasteiger partial charge in [0.2, 0.25) is 5.91 Å². The molecule has 2 amide bonds. The molecular formula is C22H24N2O2. The summed E-state index contributed by atoms with van der Waals surface area (Å²) < 4.78 is 0. The van der Waals surface area contributed by atoms with Gasteiger partial charge in [0.15, 0.2) is 5.66 Å². The molecule has 1 fully saturated rings. The van der Waals surface area contributed by atoms with E-state index in [0.29, 0.717) is 25.1 Å². The zero-order valence-corrected chi connectivity index (χ0v) is 15.4. The van der Waals surface area contributed by atoms with Crippen LogP contribution in [0.15, 0.2) is 48.5 Å². The molecule has 1 saturated heterocycles. The Kier molecular flexibility index (Phi) is 4.06. The summed E-state index contributed by atoms with van der Waals surface area (Å²) in [5.41, 5.74) is 3.11. The van der Waals surface area contributed by atoms with Gasteiger partial charge in [-0.1, -0.05) is 62.7 Å². The average Bonchev–Trinajstić information content (AvgIpc) is 3.18. The van der Waals surface area contributed by atoms with Crippen LogP contribution in [0.3, 0.4) is 0 Å². The highest BCUT2D eigenvalue weighted by Gasteiger charge is 2.59. The van der Waals surface area contributed by atoms with Crippen LogP contribution >= 0.6 is 0 Å². The largest absolute Gasteiger partial charge is 0.310 e. The summed E-state index contributed by atoms with van der Waals surface area (Å²) in [4.78, 5) is 29.6. The lowest BCUT2D eigenvalue weighted by atomic mass is 9.89. The molecule has 2 heterocycles. The van der Waals surface area contributed by atoms with Gasteiger partial charge in [0.1, 0.15) is 0 Å². The topological polar surface area (TPSA) is 40.6 Å². The highest BCUT2D eigenvalue weighted by molar-refractivity contribution is 6.02. The van der Waals surface area contributed by atoms with Gasteiger partial charge in [-0.15, -0.1) is 0 Å². The van der Waals surface area contributed by atoms with Crippen LogP contribution in [0.1, 0.15) is 53.7 Å². The second-order valence-electron chi connectivity index (χ2n) is 7.02. The lowest BCUT2D eigenvalue weighted by Crippen LogP contribution is -2.51. The first-order valence-corrected chi connectivity index (χ1v) is 9.46. The molecule has 134 valence electrons. The van der Waals surface area contributed by atoms with Crippen LogP contribution in [-0.2, 0) is 16.9 Å². The minimum Gasteiger partial charge on any atom is -0.310 e. The lowest BCUT2D eigenvalue weighted by molar-refractivity contribution is -0.136. The number of amides is 2. The maximum atomic E-state index is 13.1. The van der Waals surface area contributed by atoms with Crippen molar-refractivity contribution < 1.29 is 9.59 Å². The number of carbonyl (C=O) groups excluding carboxylic acids is 2. The zero-order valence-electron chi connectivity index (χ0n) is 15.4. The molecule has 1 unspecified atom stereocenters. The average molecular weight is 348 g/mol. The number of hydrogen-bond acceptors (Lipinski definition) is 2. The monoisotopic (exact) mass is 348 g/mol. The second kappa shape index (κ2) is 6.27. The predicted molar refractivity (Wildman–Crippen MR) is 101 cm³/mol. The third-order valence-corrected chi connectivity index (χ3v) is 5.61. The summed E-state index contributed by atoms with van der Waals surface area (Å²) >= 11 is 0. The maximum Gasteiger partial charge on any atom is 0.256 e. The molecule has 0 radical (unpaired) electrons. The molecule has 2 aromatic carbocycles. The van der Waals surface area contributed by atoms with Gasteiger partial charge in [-0.05, 0) is 18.1 Å². The van der Waals surface area contributed by atoms with E-state index in [-0.39, 0.29) is 11.8 Å². The first kappa shape index (κ1) is 16.8. The molecule has 4 rings (SSSR count). The molecule has 2 aromatic rings. The van der Waals surface area contributed by atoms with Gasteiger partial charge in [-0.2, -0.15) is 0 Å². The number of carbonyl (C=O) groups is 2. The number of benzene rings is 2. The van der Waals surface area contributed by atoms with Crippen LogP contribution in [0.2, 0.25) is 0 Å². The van der Waals surface area contributed by atoms with Crippen molar-refractivity contribution in [1.29, 1.82) is 0 Å². The van der Waals surface area contributed by atoms with Gasteiger partial charge >= 0.3 is 0 Å². The Hall–Kier alpha value is -2.62. The summed E-state index contributed by atoms with van der Waals surface area (Å²) in [5.74, 6) is 0.0966. The molecule has 4 nitrogen and oxygen atoms in total. The molecule has 0 spiro atoms. The van der Waals surface area contributed by atoms with Crippen LogP contribution in [-0.4, -0.2) is 34.7 Å². The molecule has 0 aromatic heterocycles. The van der Waals surface area contributed by atoms with Gasteiger partial charge in [-0.25, -0.2) is 0 Å². The fourth-order valence-corrected chi connectivity index (χ4v) is 4.48. The fourth-order valence-electron chi connectivity index (χ4n) is 4.48. The molecule has 0 saturated carbocycles. The quantitative estimate of drug-likeness (QED) is 0.848. The van der Waals surface area contributed by atoms with E-state index >= 15 is 0 Å². The van der Waals surface area contributed by atoms with Gasteiger partial charge in [-0.3, -0.25) is 9.59 Å². The van der Waals surface area contributed by atoms with E-state index in [1.54, 1.807) is 0 Å². The molecule has 4 heteroatoms. The van der Waals surface area contributed by atoms with E-state index in [2.05, 4.69) is 31.2 Å². The summed E-state index contributed by atoms with van der Waals surface area (Å²) in [6.07, 6.45) is 2.56. The van der Waals surface area contributed by atoms with E-state index < -0.39 is 5.66 Å². The van der Waals surface area contributed by atoms with E-state index in [1.165, 1.54) is 5.56 Å². The first-order valence-electron chi connectivity index (χ1n) is 9.46. The number of fused-ring (bicyclic) bond motifs is 3. The Morgan fingerprint density at radius 1 is 1.04 bits per heavy atom. The van der Waals surface area contributed by atoms with Crippen molar-refractivity contribution in [3.8, 4) is 0 Å². The minimum atomic E-state index is -0.800. The number of aryl methyl sites for hydroxylation is 1. The van der Waals surface area contributed by atoms with Crippen molar-refractivity contribution in [2.75, 3.05) is 13.1 Å². The number of hydrogen-bond donors (Lipinski definition) is 0. The molecule has 26 heavy (non-hydrogen) atoms. The Labute approximate surface area is 154 Å². The molecule has 1 atom stereocenters. The standard InChI is InChI=1S/C22H24N2O2/c1-3-7-16-10-12-17(13-11-16)22-19-9-6-5-8-18(19)21(26)24(22)15-14-23(22)20(25)4-2/h5-6,8-13H,3-4,7,14-15H2,1-2H3. The van der Waals surface area contributed by atoms with Gasteiger partial charge < -0.3 is 9.80 Å². The minimum absolute atomic E-state index is 0.0182. The predicted octanol–water partition coefficient (Wildman–Crippen LogP) is 3.55. The van der Waals surface area contributed by atoms with Crippen molar-refractivity contribution in [2.24, 2.45) is 0 Å². The summed E-state index contributed by atoms with van der Waals surface area (Å²) in [5, 5.41) is 0. The van der Waals surface area contributed by atoms with Crippen molar-refractivity contribution in [3.63, 3.8) is 0 Å². The Balaban J connectivity index is 1.94. The molecular weight excluding hydrogens is 324 g/mol. The molecule has 0 N–H and O–H groups in total. The van der Waals surface area contributed by atoms with E-state index in [0.717, 1.165) is 24.0 Å². The van der Waals surface area contributed by atoms with Crippen LogP contribution in [0.25, 0.3) is 0 Å². The molecule has 0 bridgehead atoms. The highest BCUT2D eigenvalue weighted by Crippen LogP contribution is 2.49. The second-order valence-corrected chi connectivity index (χ2v) is 7.02. The van der Waals surface area contributed by atoms with Crippen molar-refractivity contribution in [1.82, 2.24) is 9.80 Å². The van der Waals surface area contributed by atoms with Crippen LogP contribution in [0.5, 0.6) is 0 Å². The smallest absolute Gasteiger partial charge is 0.256 e. The van der Waals surface area contributed by atoms with Crippen molar-refractivity contribution in [3.05, 3.63) is 70.8 Å². The molecule has 2 aliphatic rings. The third kappa shape index (κ3) is 2.14.